The molecule has 1 aliphatic heterocycles. The second kappa shape index (κ2) is 8.34. The van der Waals surface area contributed by atoms with E-state index in [1.165, 1.54) is 6.07 Å². The number of aromatic nitrogens is 3. The second-order valence-electron chi connectivity index (χ2n) is 7.80. The largest absolute Gasteiger partial charge is 0.416 e. The lowest BCUT2D eigenvalue weighted by molar-refractivity contribution is -0.137. The van der Waals surface area contributed by atoms with Crippen molar-refractivity contribution in [3.05, 3.63) is 53.3 Å². The van der Waals surface area contributed by atoms with Crippen LogP contribution in [0, 0.1) is 6.92 Å². The Morgan fingerprint density at radius 1 is 1.12 bits per heavy atom. The van der Waals surface area contributed by atoms with E-state index in [1.54, 1.807) is 6.20 Å². The van der Waals surface area contributed by atoms with E-state index in [1.807, 2.05) is 32.9 Å². The van der Waals surface area contributed by atoms with Crippen LogP contribution in [0.4, 0.5) is 36.3 Å². The van der Waals surface area contributed by atoms with Crippen molar-refractivity contribution in [3.8, 4) is 11.3 Å². The van der Waals surface area contributed by atoms with Gasteiger partial charge in [-0.05, 0) is 45.0 Å². The minimum absolute atomic E-state index is 0.256. The SMILES string of the molecule is Cc1nc(NC(C)C)ccc1Nc1ncc2c(n1)-c1ccc(C(F)(F)F)cc1NC(=S)C2. The molecule has 0 saturated carbocycles. The number of nitrogens with zero attached hydrogens (tertiary/aromatic N) is 3. The molecule has 0 radical (unpaired) electrons. The fraction of sp³-hybridized carbons (Fsp3) is 0.273. The van der Waals surface area contributed by atoms with Crippen LogP contribution in [0.5, 0.6) is 0 Å². The normalized spacial score (nSPS) is 13.2. The highest BCUT2D eigenvalue weighted by Gasteiger charge is 2.32. The molecule has 6 nitrogen and oxygen atoms in total. The molecular weight excluding hydrogens is 437 g/mol. The van der Waals surface area contributed by atoms with Gasteiger partial charge in [-0.1, -0.05) is 18.3 Å². The number of aryl methyl sites for hydroxylation is 1. The summed E-state index contributed by atoms with van der Waals surface area (Å²) in [6.45, 7) is 5.93. The predicted molar refractivity (Wildman–Crippen MR) is 123 cm³/mol. The zero-order valence-corrected chi connectivity index (χ0v) is 18.4. The van der Waals surface area contributed by atoms with Gasteiger partial charge in [-0.3, -0.25) is 0 Å². The zero-order valence-electron chi connectivity index (χ0n) is 17.6. The Morgan fingerprint density at radius 3 is 2.59 bits per heavy atom. The van der Waals surface area contributed by atoms with E-state index in [0.29, 0.717) is 28.6 Å². The van der Waals surface area contributed by atoms with E-state index in [9.17, 15) is 13.2 Å². The number of nitrogens with one attached hydrogen (secondary N) is 3. The van der Waals surface area contributed by atoms with Crippen LogP contribution in [-0.4, -0.2) is 26.0 Å². The summed E-state index contributed by atoms with van der Waals surface area (Å²) in [6, 6.07) is 7.50. The highest BCUT2D eigenvalue weighted by atomic mass is 32.1. The average molecular weight is 459 g/mol. The maximum absolute atomic E-state index is 13.2. The number of fused-ring (bicyclic) bond motifs is 3. The topological polar surface area (TPSA) is 74.8 Å². The molecule has 0 fully saturated rings. The van der Waals surface area contributed by atoms with Crippen molar-refractivity contribution in [3.63, 3.8) is 0 Å². The fourth-order valence-electron chi connectivity index (χ4n) is 3.42. The maximum atomic E-state index is 13.2. The van der Waals surface area contributed by atoms with Gasteiger partial charge in [0.15, 0.2) is 0 Å². The van der Waals surface area contributed by atoms with Gasteiger partial charge in [-0.15, -0.1) is 0 Å². The minimum atomic E-state index is -4.45. The second-order valence-corrected chi connectivity index (χ2v) is 8.30. The molecule has 0 saturated heterocycles. The molecular formula is C22H21F3N6S. The van der Waals surface area contributed by atoms with Gasteiger partial charge < -0.3 is 16.0 Å². The molecule has 2 aromatic heterocycles. The molecule has 4 rings (SSSR count). The molecule has 32 heavy (non-hydrogen) atoms. The minimum Gasteiger partial charge on any atom is -0.368 e. The molecule has 3 aromatic rings. The van der Waals surface area contributed by atoms with Gasteiger partial charge in [0, 0.05) is 35.5 Å². The number of hydrogen-bond donors (Lipinski definition) is 3. The number of hydrogen-bond acceptors (Lipinski definition) is 6. The zero-order chi connectivity index (χ0) is 23.0. The Bertz CT molecular complexity index is 1190. The monoisotopic (exact) mass is 458 g/mol. The summed E-state index contributed by atoms with van der Waals surface area (Å²) >= 11 is 5.30. The molecule has 3 heterocycles. The molecule has 0 spiro atoms. The van der Waals surface area contributed by atoms with E-state index < -0.39 is 11.7 Å². The summed E-state index contributed by atoms with van der Waals surface area (Å²) in [5.41, 5.74) is 2.81. The molecule has 0 aliphatic carbocycles. The number of anilines is 4. The standard InChI is InChI=1S/C22H21F3N6S/c1-11(2)27-18-7-6-16(12(3)28-18)30-21-26-10-13-8-19(32)29-17-9-14(22(23,24)25)4-5-15(17)20(13)31-21/h4-7,9-11H,8H2,1-3H3,(H,27,28)(H,29,32)(H,26,30,31). The van der Waals surface area contributed by atoms with Crippen molar-refractivity contribution >= 4 is 40.3 Å². The Morgan fingerprint density at radius 2 is 1.91 bits per heavy atom. The van der Waals surface area contributed by atoms with E-state index >= 15 is 0 Å². The van der Waals surface area contributed by atoms with Crippen LogP contribution in [0.15, 0.2) is 36.5 Å². The lowest BCUT2D eigenvalue weighted by atomic mass is 10.0. The van der Waals surface area contributed by atoms with Gasteiger partial charge in [0.1, 0.15) is 5.82 Å². The number of halogens is 3. The van der Waals surface area contributed by atoms with Crippen molar-refractivity contribution in [1.82, 2.24) is 15.0 Å². The molecule has 3 N–H and O–H groups in total. The third-order valence-corrected chi connectivity index (χ3v) is 5.11. The summed E-state index contributed by atoms with van der Waals surface area (Å²) in [6.07, 6.45) is -2.48. The van der Waals surface area contributed by atoms with Crippen molar-refractivity contribution in [2.45, 2.75) is 39.4 Å². The molecule has 0 bridgehead atoms. The number of pyridine rings is 1. The van der Waals surface area contributed by atoms with Crippen LogP contribution < -0.4 is 16.0 Å². The van der Waals surface area contributed by atoms with Crippen LogP contribution in [0.3, 0.4) is 0 Å². The van der Waals surface area contributed by atoms with Crippen molar-refractivity contribution < 1.29 is 13.2 Å². The van der Waals surface area contributed by atoms with E-state index in [2.05, 4.69) is 30.9 Å². The first-order chi connectivity index (χ1) is 15.1. The van der Waals surface area contributed by atoms with Crippen molar-refractivity contribution in [2.75, 3.05) is 16.0 Å². The predicted octanol–water partition coefficient (Wildman–Crippen LogP) is 5.73. The summed E-state index contributed by atoms with van der Waals surface area (Å²) < 4.78 is 39.6. The average Bonchev–Trinajstić information content (AvgIpc) is 2.83. The molecule has 0 atom stereocenters. The van der Waals surface area contributed by atoms with Crippen LogP contribution in [0.25, 0.3) is 11.3 Å². The lowest BCUT2D eigenvalue weighted by Crippen LogP contribution is -2.12. The first-order valence-corrected chi connectivity index (χ1v) is 10.4. The summed E-state index contributed by atoms with van der Waals surface area (Å²) in [5.74, 6) is 1.08. The van der Waals surface area contributed by atoms with E-state index in [-0.39, 0.29) is 11.7 Å². The number of alkyl halides is 3. The van der Waals surface area contributed by atoms with Gasteiger partial charge in [-0.25, -0.2) is 15.0 Å². The van der Waals surface area contributed by atoms with Gasteiger partial charge in [0.2, 0.25) is 5.95 Å². The van der Waals surface area contributed by atoms with Gasteiger partial charge >= 0.3 is 6.18 Å². The maximum Gasteiger partial charge on any atom is 0.416 e. The number of rotatable bonds is 4. The van der Waals surface area contributed by atoms with Gasteiger partial charge in [0.05, 0.1) is 27.6 Å². The summed E-state index contributed by atoms with van der Waals surface area (Å²) in [4.78, 5) is 13.9. The fourth-order valence-corrected chi connectivity index (χ4v) is 3.68. The Balaban J connectivity index is 1.70. The molecule has 166 valence electrons. The third-order valence-electron chi connectivity index (χ3n) is 4.86. The number of thiocarbonyl (C=S) groups is 1. The van der Waals surface area contributed by atoms with E-state index in [4.69, 9.17) is 12.2 Å². The smallest absolute Gasteiger partial charge is 0.368 e. The first kappa shape index (κ1) is 21.9. The van der Waals surface area contributed by atoms with Crippen LogP contribution in [0.1, 0.15) is 30.7 Å². The highest BCUT2D eigenvalue weighted by molar-refractivity contribution is 7.80. The Labute approximate surface area is 188 Å². The lowest BCUT2D eigenvalue weighted by Gasteiger charge is -2.14. The quantitative estimate of drug-likeness (QED) is 0.432. The first-order valence-electron chi connectivity index (χ1n) is 9.99. The van der Waals surface area contributed by atoms with Gasteiger partial charge in [-0.2, -0.15) is 13.2 Å². The van der Waals surface area contributed by atoms with Crippen molar-refractivity contribution in [2.24, 2.45) is 0 Å². The third kappa shape index (κ3) is 4.64. The van der Waals surface area contributed by atoms with E-state index in [0.717, 1.165) is 34.9 Å². The summed E-state index contributed by atoms with van der Waals surface area (Å²) in [5, 5.41) is 9.31. The molecule has 1 aliphatic rings. The van der Waals surface area contributed by atoms with Crippen LogP contribution in [0.2, 0.25) is 0 Å². The number of benzene rings is 1. The molecule has 0 amide bonds. The van der Waals surface area contributed by atoms with Crippen LogP contribution >= 0.6 is 12.2 Å². The van der Waals surface area contributed by atoms with Gasteiger partial charge in [0.25, 0.3) is 0 Å². The van der Waals surface area contributed by atoms with Crippen LogP contribution in [-0.2, 0) is 12.6 Å². The summed E-state index contributed by atoms with van der Waals surface area (Å²) in [7, 11) is 0. The highest BCUT2D eigenvalue weighted by Crippen LogP contribution is 2.38. The molecule has 10 heteroatoms. The Kier molecular flexibility index (Phi) is 5.72. The van der Waals surface area contributed by atoms with Crippen molar-refractivity contribution in [1.29, 1.82) is 0 Å². The molecule has 0 unspecified atom stereocenters. The molecule has 1 aromatic carbocycles. The Hall–Kier alpha value is -3.27.